The molecule has 0 radical (unpaired) electrons. The number of hydrogen-bond donors (Lipinski definition) is 1. The number of nitrogens with zero attached hydrogens (tertiary/aromatic N) is 2. The van der Waals surface area contributed by atoms with Crippen LogP contribution in [0.15, 0.2) is 23.8 Å². The average Bonchev–Trinajstić information content (AvgIpc) is 3.08. The number of amides is 1. The topological polar surface area (TPSA) is 62.7 Å². The highest BCUT2D eigenvalue weighted by Crippen LogP contribution is 2.29. The first-order valence-corrected chi connectivity index (χ1v) is 9.93. The van der Waals surface area contributed by atoms with E-state index >= 15 is 0 Å². The maximum Gasteiger partial charge on any atom is 0.265 e. The summed E-state index contributed by atoms with van der Waals surface area (Å²) < 4.78 is 5.87. The largest absolute Gasteiger partial charge is 0.491 e. The van der Waals surface area contributed by atoms with Crippen LogP contribution in [0.4, 0.5) is 0 Å². The molecule has 0 spiro atoms. The van der Waals surface area contributed by atoms with Gasteiger partial charge in [-0.15, -0.1) is 11.3 Å². The number of aromatic nitrogens is 1. The minimum absolute atomic E-state index is 0.0124. The van der Waals surface area contributed by atoms with Crippen LogP contribution in [0.3, 0.4) is 0 Å². The number of benzene rings is 1. The van der Waals surface area contributed by atoms with Crippen LogP contribution in [0.5, 0.6) is 5.75 Å². The summed E-state index contributed by atoms with van der Waals surface area (Å²) in [5.41, 5.74) is 2.63. The van der Waals surface area contributed by atoms with E-state index in [0.29, 0.717) is 36.6 Å². The lowest BCUT2D eigenvalue weighted by molar-refractivity contribution is -0.0163. The number of halogens is 1. The van der Waals surface area contributed by atoms with Gasteiger partial charge in [0.05, 0.1) is 11.7 Å². The maximum atomic E-state index is 12.5. The Morgan fingerprint density at radius 3 is 2.73 bits per heavy atom. The normalized spacial score (nSPS) is 20.7. The zero-order valence-electron chi connectivity index (χ0n) is 15.0. The Hall–Kier alpha value is -1.63. The molecule has 1 aliphatic heterocycles. The summed E-state index contributed by atoms with van der Waals surface area (Å²) in [4.78, 5) is 18.9. The minimum Gasteiger partial charge on any atom is -0.491 e. The molecule has 1 atom stereocenters. The Morgan fingerprint density at radius 2 is 2.08 bits per heavy atom. The second-order valence-corrected chi connectivity index (χ2v) is 8.16. The van der Waals surface area contributed by atoms with Crippen LogP contribution in [-0.2, 0) is 0 Å². The fourth-order valence-corrected chi connectivity index (χ4v) is 3.91. The number of hydrogen-bond acceptors (Lipinski definition) is 5. The summed E-state index contributed by atoms with van der Waals surface area (Å²) in [6.45, 7) is 5.22. The fourth-order valence-electron chi connectivity index (χ4n) is 3.21. The highest BCUT2D eigenvalue weighted by molar-refractivity contribution is 7.11. The fraction of sp³-hybridized carbons (Fsp3) is 0.474. The summed E-state index contributed by atoms with van der Waals surface area (Å²) >= 11 is 7.53. The Labute approximate surface area is 162 Å². The first kappa shape index (κ1) is 19.1. The molecule has 1 N–H and O–H groups in total. The van der Waals surface area contributed by atoms with Gasteiger partial charge >= 0.3 is 0 Å². The average molecular weight is 395 g/mol. The molecule has 1 amide bonds. The molecule has 1 aliphatic rings. The van der Waals surface area contributed by atoms with Crippen molar-refractivity contribution in [3.05, 3.63) is 44.9 Å². The van der Waals surface area contributed by atoms with Crippen molar-refractivity contribution in [1.29, 1.82) is 0 Å². The SMILES string of the molecule is Cc1cc(OCC2(O)CCCN(C(=O)c3cncs3)CC2)cc(C)c1Cl. The molecule has 7 heteroatoms. The molecule has 0 aliphatic carbocycles. The molecule has 0 saturated carbocycles. The number of aryl methyl sites for hydroxylation is 2. The van der Waals surface area contributed by atoms with Gasteiger partial charge in [0.15, 0.2) is 0 Å². The molecular weight excluding hydrogens is 372 g/mol. The van der Waals surface area contributed by atoms with Gasteiger partial charge in [-0.25, -0.2) is 0 Å². The molecule has 2 heterocycles. The van der Waals surface area contributed by atoms with Crippen molar-refractivity contribution in [2.24, 2.45) is 0 Å². The van der Waals surface area contributed by atoms with Crippen molar-refractivity contribution >= 4 is 28.8 Å². The summed E-state index contributed by atoms with van der Waals surface area (Å²) in [5.74, 6) is 0.696. The predicted octanol–water partition coefficient (Wildman–Crippen LogP) is 3.85. The van der Waals surface area contributed by atoms with E-state index in [1.54, 1.807) is 16.6 Å². The molecule has 26 heavy (non-hydrogen) atoms. The van der Waals surface area contributed by atoms with Gasteiger partial charge < -0.3 is 14.7 Å². The van der Waals surface area contributed by atoms with Crippen molar-refractivity contribution in [3.8, 4) is 5.75 Å². The highest BCUT2D eigenvalue weighted by atomic mass is 35.5. The summed E-state index contributed by atoms with van der Waals surface area (Å²) in [5, 5.41) is 11.7. The van der Waals surface area contributed by atoms with Gasteiger partial charge in [0, 0.05) is 18.1 Å². The Kier molecular flexibility index (Phi) is 5.85. The molecular formula is C19H23ClN2O3S. The number of carbonyl (C=O) groups is 1. The maximum absolute atomic E-state index is 12.5. The van der Waals surface area contributed by atoms with Gasteiger partial charge in [-0.1, -0.05) is 11.6 Å². The van der Waals surface area contributed by atoms with Gasteiger partial charge in [0.25, 0.3) is 5.91 Å². The lowest BCUT2D eigenvalue weighted by Gasteiger charge is -2.27. The Morgan fingerprint density at radius 1 is 1.35 bits per heavy atom. The Balaban J connectivity index is 1.61. The molecule has 0 bridgehead atoms. The van der Waals surface area contributed by atoms with Crippen LogP contribution in [0.2, 0.25) is 5.02 Å². The third kappa shape index (κ3) is 4.37. The van der Waals surface area contributed by atoms with Crippen molar-refractivity contribution in [2.45, 2.75) is 38.7 Å². The predicted molar refractivity (Wildman–Crippen MR) is 103 cm³/mol. The van der Waals surface area contributed by atoms with E-state index in [0.717, 1.165) is 22.6 Å². The molecule has 1 aromatic heterocycles. The van der Waals surface area contributed by atoms with E-state index in [9.17, 15) is 9.90 Å². The van der Waals surface area contributed by atoms with E-state index in [1.165, 1.54) is 11.3 Å². The number of likely N-dealkylation sites (tertiary alicyclic amines) is 1. The molecule has 5 nitrogen and oxygen atoms in total. The second-order valence-electron chi connectivity index (χ2n) is 6.90. The standard InChI is InChI=1S/C19H23ClN2O3S/c1-13-8-15(9-14(2)17(13)20)25-11-19(24)4-3-6-22(7-5-19)18(23)16-10-21-12-26-16/h8-10,12,24H,3-7,11H2,1-2H3. The molecule has 2 aromatic rings. The van der Waals surface area contributed by atoms with Gasteiger partial charge in [-0.05, 0) is 56.4 Å². The number of carbonyl (C=O) groups excluding carboxylic acids is 1. The zero-order chi connectivity index (χ0) is 18.7. The lowest BCUT2D eigenvalue weighted by atomic mass is 9.96. The summed E-state index contributed by atoms with van der Waals surface area (Å²) in [7, 11) is 0. The van der Waals surface area contributed by atoms with Crippen molar-refractivity contribution < 1.29 is 14.6 Å². The van der Waals surface area contributed by atoms with Crippen LogP contribution >= 0.6 is 22.9 Å². The first-order chi connectivity index (χ1) is 12.4. The first-order valence-electron chi connectivity index (χ1n) is 8.68. The van der Waals surface area contributed by atoms with Gasteiger partial charge in [-0.2, -0.15) is 0 Å². The van der Waals surface area contributed by atoms with Crippen LogP contribution in [0.1, 0.15) is 40.1 Å². The van der Waals surface area contributed by atoms with Gasteiger partial charge in [0.1, 0.15) is 22.8 Å². The molecule has 1 unspecified atom stereocenters. The number of thiazole rings is 1. The van der Waals surface area contributed by atoms with Crippen LogP contribution in [0, 0.1) is 13.8 Å². The van der Waals surface area contributed by atoms with Gasteiger partial charge in [-0.3, -0.25) is 9.78 Å². The highest BCUT2D eigenvalue weighted by Gasteiger charge is 2.33. The monoisotopic (exact) mass is 394 g/mol. The van der Waals surface area contributed by atoms with E-state index in [-0.39, 0.29) is 12.5 Å². The van der Waals surface area contributed by atoms with Crippen LogP contribution in [0.25, 0.3) is 0 Å². The molecule has 1 aromatic carbocycles. The van der Waals surface area contributed by atoms with E-state index < -0.39 is 5.60 Å². The summed E-state index contributed by atoms with van der Waals surface area (Å²) in [6, 6.07) is 3.77. The second kappa shape index (κ2) is 7.94. The molecule has 3 rings (SSSR count). The molecule has 140 valence electrons. The molecule has 1 saturated heterocycles. The van der Waals surface area contributed by atoms with E-state index in [1.807, 2.05) is 26.0 Å². The smallest absolute Gasteiger partial charge is 0.265 e. The quantitative estimate of drug-likeness (QED) is 0.855. The number of aliphatic hydroxyl groups is 1. The van der Waals surface area contributed by atoms with Gasteiger partial charge in [0.2, 0.25) is 0 Å². The lowest BCUT2D eigenvalue weighted by Crippen LogP contribution is -2.38. The summed E-state index contributed by atoms with van der Waals surface area (Å²) in [6.07, 6.45) is 3.43. The molecule has 1 fully saturated rings. The zero-order valence-corrected chi connectivity index (χ0v) is 16.6. The van der Waals surface area contributed by atoms with E-state index in [4.69, 9.17) is 16.3 Å². The van der Waals surface area contributed by atoms with Crippen molar-refractivity contribution in [1.82, 2.24) is 9.88 Å². The van der Waals surface area contributed by atoms with Crippen molar-refractivity contribution in [3.63, 3.8) is 0 Å². The Bertz CT molecular complexity index is 758. The number of rotatable bonds is 4. The van der Waals surface area contributed by atoms with Crippen molar-refractivity contribution in [2.75, 3.05) is 19.7 Å². The van der Waals surface area contributed by atoms with Crippen LogP contribution < -0.4 is 4.74 Å². The van der Waals surface area contributed by atoms with Crippen LogP contribution in [-0.4, -0.2) is 46.2 Å². The van der Waals surface area contributed by atoms with E-state index in [2.05, 4.69) is 4.98 Å². The minimum atomic E-state index is -0.940. The third-order valence-electron chi connectivity index (χ3n) is 4.77. The number of ether oxygens (including phenoxy) is 1. The third-order valence-corrected chi connectivity index (χ3v) is 6.12.